The van der Waals surface area contributed by atoms with Crippen molar-refractivity contribution in [1.82, 2.24) is 9.88 Å². The summed E-state index contributed by atoms with van der Waals surface area (Å²) in [6, 6.07) is 8.49. The maximum absolute atomic E-state index is 12.7. The molecule has 4 heteroatoms. The lowest BCUT2D eigenvalue weighted by atomic mass is 9.83. The third kappa shape index (κ3) is 2.35. The highest BCUT2D eigenvalue weighted by Gasteiger charge is 2.36. The van der Waals surface area contributed by atoms with E-state index in [0.717, 1.165) is 42.8 Å². The number of carbonyl (C=O) groups excluding carboxylic acids is 1. The van der Waals surface area contributed by atoms with Crippen molar-refractivity contribution in [3.05, 3.63) is 29.3 Å². The quantitative estimate of drug-likeness (QED) is 0.834. The molecule has 1 aliphatic heterocycles. The first-order valence-corrected chi connectivity index (χ1v) is 8.80. The molecular formula is C17H20N2OS. The zero-order valence-corrected chi connectivity index (χ0v) is 12.9. The second-order valence-corrected chi connectivity index (χ2v) is 7.25. The van der Waals surface area contributed by atoms with E-state index in [0.29, 0.717) is 11.8 Å². The second-order valence-electron chi connectivity index (χ2n) is 6.19. The van der Waals surface area contributed by atoms with Crippen LogP contribution in [-0.2, 0) is 4.79 Å². The molecule has 0 radical (unpaired) electrons. The standard InChI is InChI=1S/C17H20N2OS/c20-17(12-6-5-7-12)19-11-4-3-9-14(19)16-18-13-8-1-2-10-15(13)21-16/h1-2,8,10,12,14H,3-7,9,11H2. The predicted molar refractivity (Wildman–Crippen MR) is 85.3 cm³/mol. The molecule has 3 nitrogen and oxygen atoms in total. The summed E-state index contributed by atoms with van der Waals surface area (Å²) >= 11 is 1.76. The van der Waals surface area contributed by atoms with Crippen molar-refractivity contribution in [1.29, 1.82) is 0 Å². The van der Waals surface area contributed by atoms with E-state index in [9.17, 15) is 4.79 Å². The number of hydrogen-bond acceptors (Lipinski definition) is 3. The van der Waals surface area contributed by atoms with E-state index in [4.69, 9.17) is 4.98 Å². The van der Waals surface area contributed by atoms with E-state index in [1.807, 2.05) is 6.07 Å². The summed E-state index contributed by atoms with van der Waals surface area (Å²) in [6.45, 7) is 0.913. The summed E-state index contributed by atoms with van der Waals surface area (Å²) in [5.74, 6) is 0.671. The van der Waals surface area contributed by atoms with Gasteiger partial charge in [0.05, 0.1) is 16.3 Å². The first-order chi connectivity index (χ1) is 10.3. The fraction of sp³-hybridized carbons (Fsp3) is 0.529. The molecule has 2 aromatic rings. The summed E-state index contributed by atoms with van der Waals surface area (Å²) in [5, 5.41) is 1.13. The number of amides is 1. The monoisotopic (exact) mass is 300 g/mol. The van der Waals surface area contributed by atoms with E-state index < -0.39 is 0 Å². The van der Waals surface area contributed by atoms with Gasteiger partial charge in [-0.25, -0.2) is 4.98 Å². The Morgan fingerprint density at radius 3 is 2.76 bits per heavy atom. The first-order valence-electron chi connectivity index (χ1n) is 7.99. The molecule has 21 heavy (non-hydrogen) atoms. The summed E-state index contributed by atoms with van der Waals surface area (Å²) in [4.78, 5) is 19.6. The predicted octanol–water partition coefficient (Wildman–Crippen LogP) is 4.15. The minimum atomic E-state index is 0.212. The molecule has 0 bridgehead atoms. The van der Waals surface area contributed by atoms with Gasteiger partial charge in [0.2, 0.25) is 5.91 Å². The van der Waals surface area contributed by atoms with E-state index in [1.54, 1.807) is 11.3 Å². The van der Waals surface area contributed by atoms with E-state index >= 15 is 0 Å². The van der Waals surface area contributed by atoms with Crippen LogP contribution < -0.4 is 0 Å². The smallest absolute Gasteiger partial charge is 0.226 e. The summed E-state index contributed by atoms with van der Waals surface area (Å²) in [7, 11) is 0. The summed E-state index contributed by atoms with van der Waals surface area (Å²) in [5.41, 5.74) is 1.07. The number of hydrogen-bond donors (Lipinski definition) is 0. The largest absolute Gasteiger partial charge is 0.333 e. The summed E-state index contributed by atoms with van der Waals surface area (Å²) < 4.78 is 1.23. The van der Waals surface area contributed by atoms with Crippen LogP contribution in [0.2, 0.25) is 0 Å². The van der Waals surface area contributed by atoms with Crippen LogP contribution in [0.4, 0.5) is 0 Å². The molecule has 1 saturated carbocycles. The van der Waals surface area contributed by atoms with Gasteiger partial charge >= 0.3 is 0 Å². The maximum atomic E-state index is 12.7. The van der Waals surface area contributed by atoms with Crippen molar-refractivity contribution in [2.45, 2.75) is 44.6 Å². The number of aromatic nitrogens is 1. The normalized spacial score (nSPS) is 23.2. The Hall–Kier alpha value is -1.42. The number of carbonyl (C=O) groups is 1. The fourth-order valence-electron chi connectivity index (χ4n) is 3.37. The van der Waals surface area contributed by atoms with Crippen molar-refractivity contribution in [3.63, 3.8) is 0 Å². The number of thiazole rings is 1. The third-order valence-electron chi connectivity index (χ3n) is 4.84. The van der Waals surface area contributed by atoms with Crippen LogP contribution in [0.15, 0.2) is 24.3 Å². The van der Waals surface area contributed by atoms with Crippen molar-refractivity contribution in [3.8, 4) is 0 Å². The van der Waals surface area contributed by atoms with Crippen LogP contribution in [0.25, 0.3) is 10.2 Å². The van der Waals surface area contributed by atoms with Crippen LogP contribution in [0.3, 0.4) is 0 Å². The van der Waals surface area contributed by atoms with Crippen LogP contribution in [0.5, 0.6) is 0 Å². The molecule has 1 saturated heterocycles. The first kappa shape index (κ1) is 13.3. The molecule has 2 aliphatic rings. The average Bonchev–Trinajstić information content (AvgIpc) is 2.89. The van der Waals surface area contributed by atoms with Gasteiger partial charge in [-0.2, -0.15) is 0 Å². The molecule has 1 aromatic heterocycles. The number of fused-ring (bicyclic) bond motifs is 1. The van der Waals surface area contributed by atoms with Crippen molar-refractivity contribution >= 4 is 27.5 Å². The van der Waals surface area contributed by atoms with Crippen molar-refractivity contribution in [2.75, 3.05) is 6.54 Å². The number of piperidine rings is 1. The van der Waals surface area contributed by atoms with E-state index in [1.165, 1.54) is 17.5 Å². The minimum absolute atomic E-state index is 0.212. The topological polar surface area (TPSA) is 33.2 Å². The molecule has 0 N–H and O–H groups in total. The van der Waals surface area contributed by atoms with Gasteiger partial charge < -0.3 is 4.90 Å². The highest BCUT2D eigenvalue weighted by molar-refractivity contribution is 7.18. The van der Waals surface area contributed by atoms with Crippen LogP contribution in [-0.4, -0.2) is 22.3 Å². The third-order valence-corrected chi connectivity index (χ3v) is 5.97. The van der Waals surface area contributed by atoms with Gasteiger partial charge in [0.25, 0.3) is 0 Å². The molecular weight excluding hydrogens is 280 g/mol. The molecule has 1 unspecified atom stereocenters. The summed E-state index contributed by atoms with van der Waals surface area (Å²) in [6.07, 6.45) is 6.80. The Morgan fingerprint density at radius 1 is 1.14 bits per heavy atom. The number of para-hydroxylation sites is 1. The van der Waals surface area contributed by atoms with Gasteiger partial charge in [-0.15, -0.1) is 11.3 Å². The molecule has 4 rings (SSSR count). The zero-order valence-electron chi connectivity index (χ0n) is 12.1. The van der Waals surface area contributed by atoms with E-state index in [2.05, 4.69) is 23.1 Å². The van der Waals surface area contributed by atoms with Crippen LogP contribution >= 0.6 is 11.3 Å². The second kappa shape index (κ2) is 5.41. The van der Waals surface area contributed by atoms with Gasteiger partial charge in [-0.3, -0.25) is 4.79 Å². The molecule has 1 aromatic carbocycles. The van der Waals surface area contributed by atoms with E-state index in [-0.39, 0.29) is 6.04 Å². The van der Waals surface area contributed by atoms with Gasteiger partial charge in [0.15, 0.2) is 0 Å². The van der Waals surface area contributed by atoms with Crippen molar-refractivity contribution < 1.29 is 4.79 Å². The molecule has 1 aliphatic carbocycles. The van der Waals surface area contributed by atoms with Gasteiger partial charge in [-0.1, -0.05) is 18.6 Å². The van der Waals surface area contributed by atoms with Crippen LogP contribution in [0, 0.1) is 5.92 Å². The Kier molecular flexibility index (Phi) is 3.42. The zero-order chi connectivity index (χ0) is 14.2. The molecule has 110 valence electrons. The lowest BCUT2D eigenvalue weighted by molar-refractivity contribution is -0.142. The highest BCUT2D eigenvalue weighted by Crippen LogP contribution is 2.38. The molecule has 0 spiro atoms. The number of nitrogens with zero attached hydrogens (tertiary/aromatic N) is 2. The Morgan fingerprint density at radius 2 is 2.00 bits per heavy atom. The molecule has 2 fully saturated rings. The molecule has 1 amide bonds. The number of likely N-dealkylation sites (tertiary alicyclic amines) is 1. The average molecular weight is 300 g/mol. The Balaban J connectivity index is 1.64. The molecule has 1 atom stereocenters. The Labute approximate surface area is 129 Å². The lowest BCUT2D eigenvalue weighted by Gasteiger charge is -2.39. The Bertz CT molecular complexity index is 629. The van der Waals surface area contributed by atoms with Crippen molar-refractivity contribution in [2.24, 2.45) is 5.92 Å². The van der Waals surface area contributed by atoms with Gasteiger partial charge in [-0.05, 0) is 44.2 Å². The maximum Gasteiger partial charge on any atom is 0.226 e. The number of benzene rings is 1. The lowest BCUT2D eigenvalue weighted by Crippen LogP contribution is -2.43. The molecule has 2 heterocycles. The van der Waals surface area contributed by atoms with Gasteiger partial charge in [0, 0.05) is 12.5 Å². The van der Waals surface area contributed by atoms with Crippen LogP contribution in [0.1, 0.15) is 49.6 Å². The SMILES string of the molecule is O=C(C1CCC1)N1CCCCC1c1nc2ccccc2s1. The minimum Gasteiger partial charge on any atom is -0.333 e. The fourth-order valence-corrected chi connectivity index (χ4v) is 4.49. The highest BCUT2D eigenvalue weighted by atomic mass is 32.1. The number of rotatable bonds is 2. The van der Waals surface area contributed by atoms with Gasteiger partial charge in [0.1, 0.15) is 5.01 Å².